The van der Waals surface area contributed by atoms with Crippen molar-refractivity contribution >= 4 is 5.78 Å². The molecule has 20 heavy (non-hydrogen) atoms. The molecule has 1 aliphatic rings. The third-order valence-corrected chi connectivity index (χ3v) is 4.24. The average molecular weight is 268 g/mol. The molecule has 0 unspecified atom stereocenters. The number of benzene rings is 2. The van der Waals surface area contributed by atoms with Gasteiger partial charge in [0.15, 0.2) is 5.78 Å². The molecule has 0 aliphatic heterocycles. The van der Waals surface area contributed by atoms with Crippen molar-refractivity contribution in [2.24, 2.45) is 0 Å². The molecule has 0 atom stereocenters. The predicted octanol–water partition coefficient (Wildman–Crippen LogP) is 4.36. The summed E-state index contributed by atoms with van der Waals surface area (Å²) in [5, 5.41) is 0. The van der Waals surface area contributed by atoms with Crippen LogP contribution in [0.2, 0.25) is 0 Å². The van der Waals surface area contributed by atoms with E-state index in [0.29, 0.717) is 5.56 Å². The van der Waals surface area contributed by atoms with Gasteiger partial charge in [0.1, 0.15) is 5.82 Å². The largest absolute Gasteiger partial charge is 0.293 e. The SMILES string of the molecule is Cc1cc(F)cc(C)c1C(=O)C1(c2ccccc2)CC1. The maximum atomic E-state index is 13.4. The van der Waals surface area contributed by atoms with Crippen molar-refractivity contribution in [3.05, 3.63) is 70.5 Å². The minimum atomic E-state index is -0.380. The summed E-state index contributed by atoms with van der Waals surface area (Å²) in [7, 11) is 0. The Morgan fingerprint density at radius 3 is 2.10 bits per heavy atom. The highest BCUT2D eigenvalue weighted by atomic mass is 19.1. The third kappa shape index (κ3) is 1.96. The van der Waals surface area contributed by atoms with Gasteiger partial charge in [0.25, 0.3) is 0 Å². The lowest BCUT2D eigenvalue weighted by Crippen LogP contribution is -2.22. The lowest BCUT2D eigenvalue weighted by Gasteiger charge is -2.18. The summed E-state index contributed by atoms with van der Waals surface area (Å²) in [4.78, 5) is 13.0. The van der Waals surface area contributed by atoms with E-state index in [-0.39, 0.29) is 17.0 Å². The second kappa shape index (κ2) is 4.55. The lowest BCUT2D eigenvalue weighted by molar-refractivity contribution is 0.0945. The minimum absolute atomic E-state index is 0.138. The molecule has 2 aromatic rings. The molecule has 1 aliphatic carbocycles. The maximum absolute atomic E-state index is 13.4. The van der Waals surface area contributed by atoms with E-state index < -0.39 is 0 Å². The maximum Gasteiger partial charge on any atom is 0.173 e. The van der Waals surface area contributed by atoms with Gasteiger partial charge in [-0.25, -0.2) is 4.39 Å². The van der Waals surface area contributed by atoms with Gasteiger partial charge in [-0.1, -0.05) is 30.3 Å². The van der Waals surface area contributed by atoms with Crippen molar-refractivity contribution in [1.29, 1.82) is 0 Å². The van der Waals surface area contributed by atoms with Crippen LogP contribution in [0.3, 0.4) is 0 Å². The number of rotatable bonds is 3. The van der Waals surface area contributed by atoms with Crippen LogP contribution in [0.1, 0.15) is 39.9 Å². The van der Waals surface area contributed by atoms with Crippen molar-refractivity contribution in [2.45, 2.75) is 32.1 Å². The van der Waals surface area contributed by atoms with Gasteiger partial charge in [-0.15, -0.1) is 0 Å². The molecule has 2 aromatic carbocycles. The molecule has 1 nitrogen and oxygen atoms in total. The minimum Gasteiger partial charge on any atom is -0.293 e. The number of carbonyl (C=O) groups excluding carboxylic acids is 1. The van der Waals surface area contributed by atoms with Crippen molar-refractivity contribution < 1.29 is 9.18 Å². The van der Waals surface area contributed by atoms with E-state index in [1.807, 2.05) is 44.2 Å². The van der Waals surface area contributed by atoms with Gasteiger partial charge in [-0.05, 0) is 55.5 Å². The van der Waals surface area contributed by atoms with E-state index >= 15 is 0 Å². The number of hydrogen-bond donors (Lipinski definition) is 0. The lowest BCUT2D eigenvalue weighted by atomic mass is 9.84. The fourth-order valence-corrected chi connectivity index (χ4v) is 3.04. The zero-order chi connectivity index (χ0) is 14.3. The molecule has 3 rings (SSSR count). The molecule has 0 saturated heterocycles. The number of Topliss-reactive ketones (excluding diaryl/α,β-unsaturated/α-hetero) is 1. The first-order valence-electron chi connectivity index (χ1n) is 6.92. The Kier molecular flexibility index (Phi) is 2.97. The molecule has 0 radical (unpaired) electrons. The molecule has 0 heterocycles. The number of ketones is 1. The fraction of sp³-hybridized carbons (Fsp3) is 0.278. The first-order chi connectivity index (χ1) is 9.54. The molecule has 0 N–H and O–H groups in total. The smallest absolute Gasteiger partial charge is 0.173 e. The number of halogens is 1. The number of carbonyl (C=O) groups is 1. The first-order valence-corrected chi connectivity index (χ1v) is 6.92. The van der Waals surface area contributed by atoms with Gasteiger partial charge in [0.2, 0.25) is 0 Å². The highest BCUT2D eigenvalue weighted by Gasteiger charge is 2.51. The van der Waals surface area contributed by atoms with Crippen molar-refractivity contribution in [3.63, 3.8) is 0 Å². The Bertz CT molecular complexity index is 646. The summed E-state index contributed by atoms with van der Waals surface area (Å²) < 4.78 is 13.4. The summed E-state index contributed by atoms with van der Waals surface area (Å²) in [5.41, 5.74) is 2.85. The molecular formula is C18H17FO. The average Bonchev–Trinajstić information content (AvgIpc) is 3.20. The van der Waals surface area contributed by atoms with Crippen LogP contribution in [0.5, 0.6) is 0 Å². The van der Waals surface area contributed by atoms with Crippen LogP contribution in [0, 0.1) is 19.7 Å². The molecule has 1 saturated carbocycles. The first kappa shape index (κ1) is 13.0. The zero-order valence-electron chi connectivity index (χ0n) is 11.7. The standard InChI is InChI=1S/C18H17FO/c1-12-10-15(19)11-13(2)16(12)17(20)18(8-9-18)14-6-4-3-5-7-14/h3-7,10-11H,8-9H2,1-2H3. The third-order valence-electron chi connectivity index (χ3n) is 4.24. The molecule has 0 bridgehead atoms. The van der Waals surface area contributed by atoms with Crippen LogP contribution in [-0.2, 0) is 5.41 Å². The topological polar surface area (TPSA) is 17.1 Å². The van der Waals surface area contributed by atoms with Crippen molar-refractivity contribution in [1.82, 2.24) is 0 Å². The van der Waals surface area contributed by atoms with Crippen LogP contribution >= 0.6 is 0 Å². The van der Waals surface area contributed by atoms with Crippen LogP contribution in [-0.4, -0.2) is 5.78 Å². The quantitative estimate of drug-likeness (QED) is 0.756. The van der Waals surface area contributed by atoms with Gasteiger partial charge in [0, 0.05) is 5.56 Å². The summed E-state index contributed by atoms with van der Waals surface area (Å²) in [5.74, 6) is -0.139. The fourth-order valence-electron chi connectivity index (χ4n) is 3.04. The van der Waals surface area contributed by atoms with Crippen molar-refractivity contribution in [2.75, 3.05) is 0 Å². The predicted molar refractivity (Wildman–Crippen MR) is 77.6 cm³/mol. The Hall–Kier alpha value is -1.96. The number of hydrogen-bond acceptors (Lipinski definition) is 1. The van der Waals surface area contributed by atoms with Crippen LogP contribution in [0.25, 0.3) is 0 Å². The van der Waals surface area contributed by atoms with Crippen molar-refractivity contribution in [3.8, 4) is 0 Å². The molecule has 0 spiro atoms. The Balaban J connectivity index is 2.07. The van der Waals surface area contributed by atoms with Gasteiger partial charge in [0.05, 0.1) is 5.41 Å². The highest BCUT2D eigenvalue weighted by Crippen LogP contribution is 2.51. The van der Waals surface area contributed by atoms with Gasteiger partial charge in [-0.3, -0.25) is 4.79 Å². The normalized spacial score (nSPS) is 15.9. The van der Waals surface area contributed by atoms with Gasteiger partial charge < -0.3 is 0 Å². The van der Waals surface area contributed by atoms with E-state index in [4.69, 9.17) is 0 Å². The molecule has 1 fully saturated rings. The van der Waals surface area contributed by atoms with E-state index in [0.717, 1.165) is 29.5 Å². The van der Waals surface area contributed by atoms with E-state index in [1.165, 1.54) is 12.1 Å². The second-order valence-electron chi connectivity index (χ2n) is 5.69. The van der Waals surface area contributed by atoms with Crippen LogP contribution in [0.4, 0.5) is 4.39 Å². The van der Waals surface area contributed by atoms with Gasteiger partial charge >= 0.3 is 0 Å². The molecule has 0 amide bonds. The van der Waals surface area contributed by atoms with Crippen LogP contribution in [0.15, 0.2) is 42.5 Å². The Morgan fingerprint density at radius 2 is 1.60 bits per heavy atom. The zero-order valence-corrected chi connectivity index (χ0v) is 11.7. The number of aryl methyl sites for hydroxylation is 2. The van der Waals surface area contributed by atoms with E-state index in [9.17, 15) is 9.18 Å². The second-order valence-corrected chi connectivity index (χ2v) is 5.69. The molecular weight excluding hydrogens is 251 g/mol. The monoisotopic (exact) mass is 268 g/mol. The summed E-state index contributed by atoms with van der Waals surface area (Å²) >= 11 is 0. The Morgan fingerprint density at radius 1 is 1.05 bits per heavy atom. The van der Waals surface area contributed by atoms with E-state index in [2.05, 4.69) is 0 Å². The molecule has 0 aromatic heterocycles. The summed E-state index contributed by atoms with van der Waals surface area (Å²) in [6.45, 7) is 3.62. The van der Waals surface area contributed by atoms with Crippen LogP contribution < -0.4 is 0 Å². The highest BCUT2D eigenvalue weighted by molar-refractivity contribution is 6.08. The molecule has 102 valence electrons. The summed E-state index contributed by atoms with van der Waals surface area (Å²) in [6.07, 6.45) is 1.76. The Labute approximate surface area is 118 Å². The van der Waals surface area contributed by atoms with Gasteiger partial charge in [-0.2, -0.15) is 0 Å². The van der Waals surface area contributed by atoms with E-state index in [1.54, 1.807) is 0 Å². The molecule has 2 heteroatoms. The summed E-state index contributed by atoms with van der Waals surface area (Å²) in [6, 6.07) is 12.8.